The first-order valence-electron chi connectivity index (χ1n) is 20.2. The van der Waals surface area contributed by atoms with E-state index in [9.17, 15) is 34.7 Å². The molecule has 334 valence electrons. The minimum Gasteiger partial charge on any atom is -0.494 e. The van der Waals surface area contributed by atoms with Gasteiger partial charge >= 0.3 is 17.9 Å². The van der Waals surface area contributed by atoms with Crippen molar-refractivity contribution in [2.75, 3.05) is 112 Å². The second-order valence-electron chi connectivity index (χ2n) is 14.4. The molecule has 0 unspecified atom stereocenters. The first-order chi connectivity index (χ1) is 29.5. The summed E-state index contributed by atoms with van der Waals surface area (Å²) in [5.41, 5.74) is 1.12. The van der Waals surface area contributed by atoms with E-state index in [2.05, 4.69) is 30.0 Å². The zero-order valence-electron chi connectivity index (χ0n) is 35.0. The molecular formula is C42H61N8O11+. The fourth-order valence-electron chi connectivity index (χ4n) is 5.74. The number of rotatable bonds is 34. The molecule has 0 spiro atoms. The van der Waals surface area contributed by atoms with Crippen LogP contribution < -0.4 is 4.74 Å². The summed E-state index contributed by atoms with van der Waals surface area (Å²) in [6.45, 7) is 17.3. The van der Waals surface area contributed by atoms with Crippen LogP contribution in [-0.2, 0) is 28.6 Å². The number of aliphatic hydroxyl groups excluding tert-OH is 2. The van der Waals surface area contributed by atoms with E-state index in [4.69, 9.17) is 18.9 Å². The minimum absolute atomic E-state index is 0.00972. The lowest BCUT2D eigenvalue weighted by Gasteiger charge is -2.30. The highest BCUT2D eigenvalue weighted by molar-refractivity contribution is 5.81. The molecule has 1 saturated heterocycles. The van der Waals surface area contributed by atoms with Gasteiger partial charge in [-0.25, -0.2) is 14.4 Å². The van der Waals surface area contributed by atoms with Gasteiger partial charge in [0.05, 0.1) is 42.7 Å². The lowest BCUT2D eigenvalue weighted by molar-refractivity contribution is -0.821. The van der Waals surface area contributed by atoms with Gasteiger partial charge in [-0.15, -0.1) is 0 Å². The Kier molecular flexibility index (Phi) is 23.1. The van der Waals surface area contributed by atoms with E-state index in [1.54, 1.807) is 12.1 Å². The SMILES string of the molecule is C=CC(=O)OCN(CCN(CO)CCCCCCOc1ccc(N=Nc2ccc([N+](=O)[O-])cc2)cc1)CCN(CCN(CC[N+]1(CO)CC1)COC(=O)C=C)COC(=O)C=C. The number of aliphatic hydroxyl groups is 2. The molecule has 0 saturated carbocycles. The Labute approximate surface area is 357 Å². The molecule has 0 aliphatic carbocycles. The molecule has 2 N–H and O–H groups in total. The molecule has 1 heterocycles. The third-order valence-corrected chi connectivity index (χ3v) is 9.93. The van der Waals surface area contributed by atoms with Crippen molar-refractivity contribution in [2.24, 2.45) is 10.2 Å². The number of nitro benzene ring substituents is 1. The van der Waals surface area contributed by atoms with Gasteiger partial charge in [0.15, 0.2) is 6.73 Å². The summed E-state index contributed by atoms with van der Waals surface area (Å²) >= 11 is 0. The second kappa shape index (κ2) is 28.2. The number of hydrogen-bond acceptors (Lipinski definition) is 17. The van der Waals surface area contributed by atoms with E-state index in [-0.39, 0.29) is 39.3 Å². The number of nitrogens with zero attached hydrogens (tertiary/aromatic N) is 8. The summed E-state index contributed by atoms with van der Waals surface area (Å²) in [4.78, 5) is 53.8. The van der Waals surface area contributed by atoms with Gasteiger partial charge in [0.2, 0.25) is 0 Å². The Bertz CT molecular complexity index is 1710. The number of azo groups is 1. The first kappa shape index (κ1) is 49.9. The highest BCUT2D eigenvalue weighted by Crippen LogP contribution is 2.23. The molecule has 2 aromatic rings. The Morgan fingerprint density at radius 2 is 1.10 bits per heavy atom. The molecule has 0 amide bonds. The lowest BCUT2D eigenvalue weighted by atomic mass is 10.2. The Morgan fingerprint density at radius 1 is 0.656 bits per heavy atom. The van der Waals surface area contributed by atoms with Crippen LogP contribution in [0.5, 0.6) is 5.75 Å². The number of esters is 3. The molecule has 0 atom stereocenters. The van der Waals surface area contributed by atoms with Crippen molar-refractivity contribution in [3.05, 3.63) is 96.6 Å². The van der Waals surface area contributed by atoms with Gasteiger partial charge < -0.3 is 29.2 Å². The summed E-state index contributed by atoms with van der Waals surface area (Å²) < 4.78 is 22.5. The average Bonchev–Trinajstić information content (AvgIpc) is 4.08. The molecule has 2 aromatic carbocycles. The van der Waals surface area contributed by atoms with Gasteiger partial charge in [-0.2, -0.15) is 10.2 Å². The van der Waals surface area contributed by atoms with Crippen LogP contribution >= 0.6 is 0 Å². The number of quaternary nitrogens is 1. The van der Waals surface area contributed by atoms with E-state index in [1.165, 1.54) is 24.3 Å². The van der Waals surface area contributed by atoms with Crippen molar-refractivity contribution in [3.63, 3.8) is 0 Å². The van der Waals surface area contributed by atoms with E-state index in [1.807, 2.05) is 31.7 Å². The van der Waals surface area contributed by atoms with Crippen molar-refractivity contribution in [3.8, 4) is 5.75 Å². The van der Waals surface area contributed by atoms with Gasteiger partial charge in [-0.3, -0.25) is 34.2 Å². The molecule has 1 aliphatic heterocycles. The number of nitro groups is 1. The third-order valence-electron chi connectivity index (χ3n) is 9.93. The Morgan fingerprint density at radius 3 is 1.52 bits per heavy atom. The zero-order chi connectivity index (χ0) is 44.3. The summed E-state index contributed by atoms with van der Waals surface area (Å²) in [5, 5.41) is 39.0. The normalized spacial score (nSPS) is 13.1. The van der Waals surface area contributed by atoms with Crippen molar-refractivity contribution >= 4 is 35.0 Å². The number of hydrogen-bond donors (Lipinski definition) is 2. The van der Waals surface area contributed by atoms with E-state index < -0.39 is 22.8 Å². The zero-order valence-corrected chi connectivity index (χ0v) is 35.0. The van der Waals surface area contributed by atoms with Crippen LogP contribution in [0, 0.1) is 10.1 Å². The van der Waals surface area contributed by atoms with E-state index in [0.717, 1.165) is 57.0 Å². The quantitative estimate of drug-likeness (QED) is 0.00976. The standard InChI is InChI=1S/C42H61N8O11/c1-4-40(53)59-32-46(22-23-47(33-60-41(54)5-2)24-25-48(34-61-42(55)6-3)26-27-50(35-52)28-29-50)21-20-45(31-51)19-9-7-8-10-30-58-39-17-13-37(14-18-39)44-43-36-11-15-38(16-12-36)49(56)57/h4-6,11-18,51-52H,1-3,7-10,19-35H2/q+1. The number of benzene rings is 2. The highest BCUT2D eigenvalue weighted by atomic mass is 16.6. The molecule has 61 heavy (non-hydrogen) atoms. The van der Waals surface area contributed by atoms with Crippen LogP contribution in [0.15, 0.2) is 96.7 Å². The maximum Gasteiger partial charge on any atom is 0.331 e. The summed E-state index contributed by atoms with van der Waals surface area (Å²) in [7, 11) is 0. The third kappa shape index (κ3) is 20.6. The van der Waals surface area contributed by atoms with Gasteiger partial charge in [-0.05, 0) is 49.2 Å². The van der Waals surface area contributed by atoms with Gasteiger partial charge in [0.25, 0.3) is 5.69 Å². The molecule has 0 radical (unpaired) electrons. The van der Waals surface area contributed by atoms with Crippen LogP contribution in [-0.4, -0.2) is 169 Å². The monoisotopic (exact) mass is 853 g/mol. The van der Waals surface area contributed by atoms with Crippen LogP contribution in [0.25, 0.3) is 0 Å². The topological polar surface area (TPSA) is 209 Å². The number of unbranched alkanes of at least 4 members (excludes halogenated alkanes) is 3. The summed E-state index contributed by atoms with van der Waals surface area (Å²) in [6, 6.07) is 13.0. The first-order valence-corrected chi connectivity index (χ1v) is 20.2. The molecule has 19 nitrogen and oxygen atoms in total. The second-order valence-corrected chi connectivity index (χ2v) is 14.4. The van der Waals surface area contributed by atoms with Crippen molar-refractivity contribution in [1.82, 2.24) is 19.6 Å². The predicted molar refractivity (Wildman–Crippen MR) is 226 cm³/mol. The smallest absolute Gasteiger partial charge is 0.331 e. The van der Waals surface area contributed by atoms with Crippen LogP contribution in [0.2, 0.25) is 0 Å². The molecule has 0 aromatic heterocycles. The minimum atomic E-state index is -0.574. The molecule has 3 rings (SSSR count). The largest absolute Gasteiger partial charge is 0.494 e. The van der Waals surface area contributed by atoms with Gasteiger partial charge in [-0.1, -0.05) is 32.6 Å². The average molecular weight is 854 g/mol. The van der Waals surface area contributed by atoms with Crippen molar-refractivity contribution < 1.29 is 53.0 Å². The lowest BCUT2D eigenvalue weighted by Crippen LogP contribution is -2.45. The fraction of sp³-hybridized carbons (Fsp3) is 0.500. The van der Waals surface area contributed by atoms with E-state index in [0.29, 0.717) is 87.1 Å². The van der Waals surface area contributed by atoms with Crippen LogP contribution in [0.1, 0.15) is 25.7 Å². The molecule has 1 fully saturated rings. The maximum absolute atomic E-state index is 12.0. The number of ether oxygens (including phenoxy) is 4. The summed E-state index contributed by atoms with van der Waals surface area (Å²) in [5.74, 6) is -0.976. The van der Waals surface area contributed by atoms with Crippen LogP contribution in [0.3, 0.4) is 0 Å². The molecule has 0 bridgehead atoms. The fourth-order valence-corrected chi connectivity index (χ4v) is 5.74. The Balaban J connectivity index is 1.43. The molecular weight excluding hydrogens is 793 g/mol. The summed E-state index contributed by atoms with van der Waals surface area (Å²) in [6.07, 6.45) is 6.87. The molecule has 1 aliphatic rings. The van der Waals surface area contributed by atoms with Gasteiger partial charge in [0.1, 0.15) is 39.0 Å². The number of carbonyl (C=O) groups is 3. The van der Waals surface area contributed by atoms with E-state index >= 15 is 0 Å². The Hall–Kier alpha value is -5.41. The molecule has 19 heteroatoms. The number of non-ortho nitro benzene ring substituents is 1. The predicted octanol–water partition coefficient (Wildman–Crippen LogP) is 3.95. The van der Waals surface area contributed by atoms with Crippen LogP contribution in [0.4, 0.5) is 17.1 Å². The van der Waals surface area contributed by atoms with Crippen molar-refractivity contribution in [2.45, 2.75) is 25.7 Å². The highest BCUT2D eigenvalue weighted by Gasteiger charge is 2.41. The number of carbonyl (C=O) groups excluding carboxylic acids is 3. The van der Waals surface area contributed by atoms with Gasteiger partial charge in [0, 0.05) is 76.2 Å². The maximum atomic E-state index is 12.0. The van der Waals surface area contributed by atoms with Crippen molar-refractivity contribution in [1.29, 1.82) is 0 Å².